The lowest BCUT2D eigenvalue weighted by Crippen LogP contribution is -2.34. The zero-order chi connectivity index (χ0) is 18.1. The summed E-state index contributed by atoms with van der Waals surface area (Å²) in [6.45, 7) is 1.73. The summed E-state index contributed by atoms with van der Waals surface area (Å²) >= 11 is 0. The molecule has 1 fully saturated rings. The van der Waals surface area contributed by atoms with E-state index < -0.39 is 5.92 Å². The average Bonchev–Trinajstić information content (AvgIpc) is 3.13. The average molecular weight is 351 g/mol. The Hall–Kier alpha value is -3.02. The number of nitrogens with two attached hydrogens (primary N) is 1. The fourth-order valence-corrected chi connectivity index (χ4v) is 3.63. The highest BCUT2D eigenvalue weighted by atomic mass is 16.5. The summed E-state index contributed by atoms with van der Waals surface area (Å²) in [6.07, 6.45) is 0.869. The van der Waals surface area contributed by atoms with E-state index in [1.165, 1.54) is 0 Å². The number of guanidine groups is 1. The number of nitrogens with one attached hydrogen (secondary N) is 1. The summed E-state index contributed by atoms with van der Waals surface area (Å²) in [7, 11) is 0. The van der Waals surface area contributed by atoms with Crippen LogP contribution in [0.25, 0.3) is 0 Å². The minimum absolute atomic E-state index is 0.0751. The number of nitrogens with zero attached hydrogens (tertiary/aromatic N) is 1. The zero-order valence-corrected chi connectivity index (χ0v) is 14.4. The van der Waals surface area contributed by atoms with Crippen LogP contribution in [0.2, 0.25) is 0 Å². The highest BCUT2D eigenvalue weighted by Crippen LogP contribution is 2.44. The van der Waals surface area contributed by atoms with E-state index in [9.17, 15) is 4.79 Å². The Morgan fingerprint density at radius 2 is 1.77 bits per heavy atom. The number of hydrogen-bond acceptors (Lipinski definition) is 4. The lowest BCUT2D eigenvalue weighted by atomic mass is 9.88. The number of rotatable bonds is 3. The topological polar surface area (TPSA) is 88.6 Å². The molecule has 2 aliphatic rings. The van der Waals surface area contributed by atoms with Crippen LogP contribution < -0.4 is 10.5 Å². The first-order valence-corrected chi connectivity index (χ1v) is 8.75. The molecule has 0 saturated carbocycles. The van der Waals surface area contributed by atoms with Crippen LogP contribution in [0.15, 0.2) is 48.5 Å². The Labute approximate surface area is 152 Å². The van der Waals surface area contributed by atoms with Crippen LogP contribution in [0.1, 0.15) is 23.5 Å². The van der Waals surface area contributed by atoms with Gasteiger partial charge >= 0.3 is 5.97 Å². The van der Waals surface area contributed by atoms with Crippen molar-refractivity contribution in [2.24, 2.45) is 11.7 Å². The highest BCUT2D eigenvalue weighted by molar-refractivity contribution is 5.85. The van der Waals surface area contributed by atoms with E-state index >= 15 is 0 Å². The van der Waals surface area contributed by atoms with Crippen LogP contribution in [-0.2, 0) is 9.53 Å². The second-order valence-corrected chi connectivity index (χ2v) is 6.73. The molecule has 4 rings (SSSR count). The van der Waals surface area contributed by atoms with Gasteiger partial charge in [-0.05, 0) is 18.6 Å². The van der Waals surface area contributed by atoms with Crippen LogP contribution >= 0.6 is 0 Å². The molecular formula is C20H21N3O3. The Balaban J connectivity index is 1.52. The van der Waals surface area contributed by atoms with Crippen molar-refractivity contribution in [1.82, 2.24) is 4.90 Å². The van der Waals surface area contributed by atoms with Gasteiger partial charge in [0.1, 0.15) is 17.4 Å². The maximum absolute atomic E-state index is 12.9. The van der Waals surface area contributed by atoms with Crippen molar-refractivity contribution in [1.29, 1.82) is 5.41 Å². The number of likely N-dealkylation sites (tertiary alicyclic amines) is 1. The van der Waals surface area contributed by atoms with Gasteiger partial charge in [-0.3, -0.25) is 10.2 Å². The monoisotopic (exact) mass is 351 g/mol. The van der Waals surface area contributed by atoms with E-state index in [0.717, 1.165) is 24.1 Å². The van der Waals surface area contributed by atoms with Gasteiger partial charge < -0.3 is 20.1 Å². The zero-order valence-electron chi connectivity index (χ0n) is 14.4. The molecule has 0 aliphatic carbocycles. The molecule has 0 aromatic heterocycles. The lowest BCUT2D eigenvalue weighted by Gasteiger charge is -2.27. The maximum atomic E-state index is 12.9. The standard InChI is InChI=1S/C20H21N3O3/c21-20(22)23-10-9-13(11-23)12-25-19(24)18-14-5-1-3-7-16(14)26-17-8-4-2-6-15(17)18/h1-8,13,18H,9-12H2,(H3,21,22). The van der Waals surface area contributed by atoms with Crippen molar-refractivity contribution >= 4 is 11.9 Å². The van der Waals surface area contributed by atoms with E-state index in [1.54, 1.807) is 4.90 Å². The predicted octanol–water partition coefficient (Wildman–Crippen LogP) is 2.68. The number of carbonyl (C=O) groups excluding carboxylic acids is 1. The van der Waals surface area contributed by atoms with E-state index in [1.807, 2.05) is 48.5 Å². The first-order valence-electron chi connectivity index (χ1n) is 8.75. The maximum Gasteiger partial charge on any atom is 0.318 e. The summed E-state index contributed by atoms with van der Waals surface area (Å²) in [4.78, 5) is 14.7. The smallest absolute Gasteiger partial charge is 0.318 e. The SMILES string of the molecule is N=C(N)N1CCC(COC(=O)C2c3ccccc3Oc3ccccc32)C1. The summed E-state index contributed by atoms with van der Waals surface area (Å²) in [6, 6.07) is 15.1. The van der Waals surface area contributed by atoms with Crippen molar-refractivity contribution in [2.75, 3.05) is 19.7 Å². The molecule has 2 heterocycles. The number of carbonyl (C=O) groups is 1. The van der Waals surface area contributed by atoms with E-state index in [2.05, 4.69) is 0 Å². The fourth-order valence-electron chi connectivity index (χ4n) is 3.63. The van der Waals surface area contributed by atoms with Gasteiger partial charge in [-0.25, -0.2) is 0 Å². The Bertz CT molecular complexity index is 806. The molecule has 2 aliphatic heterocycles. The minimum atomic E-state index is -0.485. The summed E-state index contributed by atoms with van der Waals surface area (Å²) in [5.41, 5.74) is 7.18. The highest BCUT2D eigenvalue weighted by Gasteiger charge is 2.34. The quantitative estimate of drug-likeness (QED) is 0.504. The predicted molar refractivity (Wildman–Crippen MR) is 97.4 cm³/mol. The largest absolute Gasteiger partial charge is 0.465 e. The molecule has 0 spiro atoms. The van der Waals surface area contributed by atoms with Crippen molar-refractivity contribution in [3.63, 3.8) is 0 Å². The third kappa shape index (κ3) is 2.98. The molecule has 6 heteroatoms. The molecule has 0 bridgehead atoms. The number of esters is 1. The van der Waals surface area contributed by atoms with Gasteiger partial charge in [-0.15, -0.1) is 0 Å². The fraction of sp³-hybridized carbons (Fsp3) is 0.300. The number of ether oxygens (including phenoxy) is 2. The number of hydrogen-bond donors (Lipinski definition) is 2. The van der Waals surface area contributed by atoms with Crippen molar-refractivity contribution < 1.29 is 14.3 Å². The normalized spacial score (nSPS) is 18.6. The van der Waals surface area contributed by atoms with Crippen molar-refractivity contribution in [2.45, 2.75) is 12.3 Å². The Kier molecular flexibility index (Phi) is 4.24. The first-order chi connectivity index (χ1) is 12.6. The lowest BCUT2D eigenvalue weighted by molar-refractivity contribution is -0.145. The van der Waals surface area contributed by atoms with E-state index in [0.29, 0.717) is 24.7 Å². The minimum Gasteiger partial charge on any atom is -0.465 e. The van der Waals surface area contributed by atoms with Crippen LogP contribution in [-0.4, -0.2) is 36.5 Å². The summed E-state index contributed by atoms with van der Waals surface area (Å²) < 4.78 is 11.6. The van der Waals surface area contributed by atoms with Crippen molar-refractivity contribution in [3.8, 4) is 11.5 Å². The Morgan fingerprint density at radius 1 is 1.15 bits per heavy atom. The molecule has 1 atom stereocenters. The van der Waals surface area contributed by atoms with Crippen molar-refractivity contribution in [3.05, 3.63) is 59.7 Å². The van der Waals surface area contributed by atoms with E-state index in [4.69, 9.17) is 20.6 Å². The molecule has 26 heavy (non-hydrogen) atoms. The van der Waals surface area contributed by atoms with Gasteiger partial charge in [-0.1, -0.05) is 36.4 Å². The molecule has 1 unspecified atom stereocenters. The molecule has 6 nitrogen and oxygen atoms in total. The summed E-state index contributed by atoms with van der Waals surface area (Å²) in [5, 5.41) is 7.50. The molecule has 3 N–H and O–H groups in total. The van der Waals surface area contributed by atoms with Gasteiger partial charge in [0.25, 0.3) is 0 Å². The second kappa shape index (κ2) is 6.71. The van der Waals surface area contributed by atoms with Crippen LogP contribution in [0.3, 0.4) is 0 Å². The van der Waals surface area contributed by atoms with Crippen LogP contribution in [0.5, 0.6) is 11.5 Å². The van der Waals surface area contributed by atoms with Gasteiger partial charge in [0.15, 0.2) is 5.96 Å². The van der Waals surface area contributed by atoms with Gasteiger partial charge in [0, 0.05) is 30.1 Å². The van der Waals surface area contributed by atoms with E-state index in [-0.39, 0.29) is 17.8 Å². The number of fused-ring (bicyclic) bond motifs is 2. The number of para-hydroxylation sites is 2. The number of benzene rings is 2. The molecule has 134 valence electrons. The van der Waals surface area contributed by atoms with Crippen LogP contribution in [0.4, 0.5) is 0 Å². The third-order valence-corrected chi connectivity index (χ3v) is 5.00. The molecule has 0 radical (unpaired) electrons. The molecule has 2 aromatic rings. The third-order valence-electron chi connectivity index (χ3n) is 5.00. The first kappa shape index (κ1) is 16.4. The van der Waals surface area contributed by atoms with Gasteiger partial charge in [0.05, 0.1) is 6.61 Å². The molecule has 0 amide bonds. The molecule has 2 aromatic carbocycles. The second-order valence-electron chi connectivity index (χ2n) is 6.73. The Morgan fingerprint density at radius 3 is 2.35 bits per heavy atom. The molecule has 1 saturated heterocycles. The van der Waals surface area contributed by atoms with Gasteiger partial charge in [0.2, 0.25) is 0 Å². The molecular weight excluding hydrogens is 330 g/mol. The van der Waals surface area contributed by atoms with Crippen LogP contribution in [0, 0.1) is 11.3 Å². The summed E-state index contributed by atoms with van der Waals surface area (Å²) in [5.74, 6) is 0.906. The van der Waals surface area contributed by atoms with Gasteiger partial charge in [-0.2, -0.15) is 0 Å².